The highest BCUT2D eigenvalue weighted by molar-refractivity contribution is 5.95. The first-order valence-electron chi connectivity index (χ1n) is 9.26. The molecule has 0 radical (unpaired) electrons. The number of esters is 1. The van der Waals surface area contributed by atoms with E-state index < -0.39 is 5.97 Å². The molecular formula is C24H21NO4. The molecule has 146 valence electrons. The Bertz CT molecular complexity index is 1000. The van der Waals surface area contributed by atoms with Crippen molar-refractivity contribution in [3.8, 4) is 0 Å². The van der Waals surface area contributed by atoms with E-state index in [-0.39, 0.29) is 12.3 Å². The topological polar surface area (TPSA) is 72.5 Å². The smallest absolute Gasteiger partial charge is 0.343 e. The third kappa shape index (κ3) is 5.17. The van der Waals surface area contributed by atoms with E-state index in [0.29, 0.717) is 34.6 Å². The number of aldehydes is 1. The third-order valence-corrected chi connectivity index (χ3v) is 4.52. The second-order valence-corrected chi connectivity index (χ2v) is 6.54. The first-order valence-corrected chi connectivity index (χ1v) is 9.26. The van der Waals surface area contributed by atoms with Gasteiger partial charge in [0.05, 0.1) is 5.56 Å². The van der Waals surface area contributed by atoms with Gasteiger partial charge in [0, 0.05) is 17.7 Å². The van der Waals surface area contributed by atoms with E-state index in [1.54, 1.807) is 61.5 Å². The van der Waals surface area contributed by atoms with Crippen LogP contribution in [0.15, 0.2) is 95.4 Å². The lowest BCUT2D eigenvalue weighted by molar-refractivity contribution is -0.107. The van der Waals surface area contributed by atoms with E-state index in [9.17, 15) is 14.4 Å². The number of carbonyl (C=O) groups is 3. The van der Waals surface area contributed by atoms with Gasteiger partial charge in [0.15, 0.2) is 0 Å². The number of ether oxygens (including phenoxy) is 1. The van der Waals surface area contributed by atoms with E-state index in [0.717, 1.165) is 11.9 Å². The summed E-state index contributed by atoms with van der Waals surface area (Å²) in [7, 11) is 0. The lowest BCUT2D eigenvalue weighted by Gasteiger charge is -2.18. The third-order valence-electron chi connectivity index (χ3n) is 4.52. The summed E-state index contributed by atoms with van der Waals surface area (Å²) in [6.07, 6.45) is 5.00. The minimum absolute atomic E-state index is 0.149. The van der Waals surface area contributed by atoms with Crippen molar-refractivity contribution in [1.82, 2.24) is 5.32 Å². The van der Waals surface area contributed by atoms with Gasteiger partial charge in [0.25, 0.3) is 5.91 Å². The van der Waals surface area contributed by atoms with Gasteiger partial charge in [-0.2, -0.15) is 0 Å². The summed E-state index contributed by atoms with van der Waals surface area (Å²) in [5.41, 5.74) is 3.09. The molecule has 1 amide bonds. The maximum absolute atomic E-state index is 12.4. The van der Waals surface area contributed by atoms with Crippen molar-refractivity contribution in [2.75, 3.05) is 0 Å². The number of carbonyl (C=O) groups excluding carboxylic acids is 3. The van der Waals surface area contributed by atoms with Gasteiger partial charge in [-0.25, -0.2) is 4.79 Å². The van der Waals surface area contributed by atoms with Gasteiger partial charge in [-0.15, -0.1) is 0 Å². The molecule has 0 aromatic heterocycles. The van der Waals surface area contributed by atoms with Crippen molar-refractivity contribution < 1.29 is 19.1 Å². The number of hydrogen-bond acceptors (Lipinski definition) is 4. The molecule has 5 nitrogen and oxygen atoms in total. The molecule has 0 saturated carbocycles. The van der Waals surface area contributed by atoms with Crippen LogP contribution < -0.4 is 5.32 Å². The minimum atomic E-state index is -0.499. The maximum atomic E-state index is 12.4. The van der Waals surface area contributed by atoms with Crippen LogP contribution in [0, 0.1) is 0 Å². The summed E-state index contributed by atoms with van der Waals surface area (Å²) >= 11 is 0. The Morgan fingerprint density at radius 2 is 1.62 bits per heavy atom. The number of allylic oxidation sites excluding steroid dienone is 5. The zero-order chi connectivity index (χ0) is 20.6. The molecular weight excluding hydrogens is 366 g/mol. The molecule has 0 aliphatic heterocycles. The number of hydrogen-bond donors (Lipinski definition) is 1. The van der Waals surface area contributed by atoms with Crippen molar-refractivity contribution in [1.29, 1.82) is 0 Å². The summed E-state index contributed by atoms with van der Waals surface area (Å²) < 4.78 is 5.56. The largest absolute Gasteiger partial charge is 0.423 e. The summed E-state index contributed by atoms with van der Waals surface area (Å²) in [5.74, 6) is -0.393. The van der Waals surface area contributed by atoms with E-state index in [1.165, 1.54) is 0 Å². The lowest BCUT2D eigenvalue weighted by atomic mass is 9.97. The Morgan fingerprint density at radius 3 is 2.24 bits per heavy atom. The van der Waals surface area contributed by atoms with Crippen LogP contribution in [0.1, 0.15) is 40.5 Å². The molecule has 1 N–H and O–H groups in total. The zero-order valence-corrected chi connectivity index (χ0v) is 16.1. The molecule has 29 heavy (non-hydrogen) atoms. The Balaban J connectivity index is 1.82. The normalized spacial score (nSPS) is 14.9. The highest BCUT2D eigenvalue weighted by Crippen LogP contribution is 2.27. The molecule has 0 saturated heterocycles. The van der Waals surface area contributed by atoms with Crippen molar-refractivity contribution >= 4 is 18.2 Å². The highest BCUT2D eigenvalue weighted by atomic mass is 16.5. The fourth-order valence-electron chi connectivity index (χ4n) is 2.92. The lowest BCUT2D eigenvalue weighted by Crippen LogP contribution is -2.22. The number of benzene rings is 2. The van der Waals surface area contributed by atoms with Crippen LogP contribution in [0.2, 0.25) is 0 Å². The fraction of sp³-hybridized carbons (Fsp3) is 0.125. The van der Waals surface area contributed by atoms with Gasteiger partial charge in [-0.3, -0.25) is 4.79 Å². The van der Waals surface area contributed by atoms with Gasteiger partial charge in [0.1, 0.15) is 12.0 Å². The van der Waals surface area contributed by atoms with Crippen molar-refractivity contribution in [2.45, 2.75) is 19.8 Å². The van der Waals surface area contributed by atoms with Crippen LogP contribution in [0.3, 0.4) is 0 Å². The molecule has 1 aliphatic carbocycles. The number of rotatable bonds is 6. The molecule has 5 heteroatoms. The Labute approximate surface area is 169 Å². The highest BCUT2D eigenvalue weighted by Gasteiger charge is 2.19. The summed E-state index contributed by atoms with van der Waals surface area (Å²) in [6.45, 7) is 1.79. The Hall–Kier alpha value is -3.73. The molecule has 2 aromatic rings. The minimum Gasteiger partial charge on any atom is -0.423 e. The molecule has 2 aromatic carbocycles. The molecule has 0 fully saturated rings. The van der Waals surface area contributed by atoms with Crippen LogP contribution in [0.4, 0.5) is 0 Å². The van der Waals surface area contributed by atoms with Gasteiger partial charge >= 0.3 is 5.97 Å². The van der Waals surface area contributed by atoms with Crippen LogP contribution in [-0.4, -0.2) is 18.2 Å². The van der Waals surface area contributed by atoms with Gasteiger partial charge < -0.3 is 14.8 Å². The summed E-state index contributed by atoms with van der Waals surface area (Å²) in [5, 5.41) is 2.88. The van der Waals surface area contributed by atoms with E-state index in [4.69, 9.17) is 4.74 Å². The number of amides is 1. The second-order valence-electron chi connectivity index (χ2n) is 6.54. The first-order chi connectivity index (χ1) is 14.1. The quantitative estimate of drug-likeness (QED) is 0.591. The average molecular weight is 387 g/mol. The molecule has 1 aliphatic rings. The van der Waals surface area contributed by atoms with Crippen LogP contribution in [0.5, 0.6) is 0 Å². The van der Waals surface area contributed by atoms with Crippen LogP contribution in [0.25, 0.3) is 0 Å². The van der Waals surface area contributed by atoms with E-state index in [2.05, 4.69) is 5.32 Å². The Morgan fingerprint density at radius 1 is 1.00 bits per heavy atom. The molecule has 0 heterocycles. The van der Waals surface area contributed by atoms with Crippen LogP contribution in [-0.2, 0) is 9.53 Å². The predicted molar refractivity (Wildman–Crippen MR) is 110 cm³/mol. The molecule has 0 atom stereocenters. The summed E-state index contributed by atoms with van der Waals surface area (Å²) in [4.78, 5) is 35.8. The van der Waals surface area contributed by atoms with Crippen LogP contribution >= 0.6 is 0 Å². The first kappa shape index (κ1) is 20.0. The molecule has 0 spiro atoms. The van der Waals surface area contributed by atoms with Crippen molar-refractivity contribution in [3.05, 3.63) is 107 Å². The van der Waals surface area contributed by atoms with Gasteiger partial charge in [0.2, 0.25) is 0 Å². The predicted octanol–water partition coefficient (Wildman–Crippen LogP) is 4.35. The molecule has 0 unspecified atom stereocenters. The van der Waals surface area contributed by atoms with E-state index in [1.807, 2.05) is 18.2 Å². The second kappa shape index (κ2) is 9.46. The van der Waals surface area contributed by atoms with E-state index >= 15 is 0 Å². The van der Waals surface area contributed by atoms with Crippen molar-refractivity contribution in [2.24, 2.45) is 0 Å². The Kier molecular flexibility index (Phi) is 6.53. The number of nitrogens with one attached hydrogen (secondary N) is 1. The molecule has 0 bridgehead atoms. The standard InChI is InChI=1S/C24H21NO4/c1-17(25-23(27)19-8-4-2-5-9-19)21-13-12-18(14-15-26)22(16-21)29-24(28)20-10-6-3-7-11-20/h2-12,15-16H,13-14H2,1H3,(H,25,27). The fourth-order valence-corrected chi connectivity index (χ4v) is 2.92. The monoisotopic (exact) mass is 387 g/mol. The molecule has 3 rings (SSSR count). The zero-order valence-electron chi connectivity index (χ0n) is 16.1. The average Bonchev–Trinajstić information content (AvgIpc) is 2.76. The van der Waals surface area contributed by atoms with Gasteiger partial charge in [-0.05, 0) is 54.8 Å². The SMILES string of the molecule is CC(NC(=O)c1ccccc1)=C1C=C(OC(=O)c2ccccc2)C(CC=O)=CC1. The van der Waals surface area contributed by atoms with Crippen molar-refractivity contribution in [3.63, 3.8) is 0 Å². The summed E-state index contributed by atoms with van der Waals surface area (Å²) in [6, 6.07) is 17.6. The maximum Gasteiger partial charge on any atom is 0.343 e. The van der Waals surface area contributed by atoms with Gasteiger partial charge in [-0.1, -0.05) is 42.5 Å².